The highest BCUT2D eigenvalue weighted by atomic mass is 16.3. The van der Waals surface area contributed by atoms with Gasteiger partial charge in [0, 0.05) is 25.6 Å². The van der Waals surface area contributed by atoms with E-state index in [0.717, 1.165) is 19.4 Å². The van der Waals surface area contributed by atoms with Gasteiger partial charge in [0.2, 0.25) is 5.91 Å². The average molecular weight is 199 g/mol. The van der Waals surface area contributed by atoms with Crippen LogP contribution in [0.4, 0.5) is 0 Å². The minimum Gasteiger partial charge on any atom is -0.396 e. The summed E-state index contributed by atoms with van der Waals surface area (Å²) in [7, 11) is 0. The molecule has 1 rings (SSSR count). The molecular formula is C11H21NO2. The fourth-order valence-corrected chi connectivity index (χ4v) is 1.61. The Morgan fingerprint density at radius 2 is 2.14 bits per heavy atom. The Labute approximate surface area is 86.1 Å². The van der Waals surface area contributed by atoms with Gasteiger partial charge in [-0.15, -0.1) is 0 Å². The van der Waals surface area contributed by atoms with Crippen LogP contribution in [0.3, 0.4) is 0 Å². The number of carbonyl (C=O) groups is 1. The molecular weight excluding hydrogens is 178 g/mol. The maximum Gasteiger partial charge on any atom is 0.222 e. The topological polar surface area (TPSA) is 40.5 Å². The van der Waals surface area contributed by atoms with Crippen molar-refractivity contribution >= 4 is 5.91 Å². The number of nitrogens with zero attached hydrogens (tertiary/aromatic N) is 1. The smallest absolute Gasteiger partial charge is 0.222 e. The van der Waals surface area contributed by atoms with E-state index in [-0.39, 0.29) is 12.5 Å². The average Bonchev–Trinajstić information content (AvgIpc) is 2.93. The zero-order chi connectivity index (χ0) is 10.6. The Hall–Kier alpha value is -0.570. The van der Waals surface area contributed by atoms with Gasteiger partial charge in [0.25, 0.3) is 0 Å². The van der Waals surface area contributed by atoms with E-state index in [1.807, 2.05) is 4.90 Å². The first-order chi connectivity index (χ1) is 6.65. The molecule has 1 N–H and O–H groups in total. The number of aliphatic hydroxyl groups excluding tert-OH is 1. The summed E-state index contributed by atoms with van der Waals surface area (Å²) in [6.07, 6.45) is 3.43. The van der Waals surface area contributed by atoms with E-state index in [1.165, 1.54) is 0 Å². The number of amides is 1. The number of hydrogen-bond acceptors (Lipinski definition) is 2. The predicted molar refractivity (Wildman–Crippen MR) is 55.9 cm³/mol. The van der Waals surface area contributed by atoms with Crippen LogP contribution in [0.1, 0.15) is 39.5 Å². The predicted octanol–water partition coefficient (Wildman–Crippen LogP) is 1.41. The van der Waals surface area contributed by atoms with E-state index in [2.05, 4.69) is 13.8 Å². The van der Waals surface area contributed by atoms with Crippen LogP contribution in [0.2, 0.25) is 0 Å². The number of rotatable bonds is 6. The van der Waals surface area contributed by atoms with Crippen LogP contribution >= 0.6 is 0 Å². The molecule has 0 bridgehead atoms. The summed E-state index contributed by atoms with van der Waals surface area (Å²) < 4.78 is 0. The molecule has 3 heteroatoms. The monoisotopic (exact) mass is 199 g/mol. The zero-order valence-electron chi connectivity index (χ0n) is 9.20. The van der Waals surface area contributed by atoms with Crippen molar-refractivity contribution in [3.8, 4) is 0 Å². The van der Waals surface area contributed by atoms with E-state index in [4.69, 9.17) is 5.11 Å². The fourth-order valence-electron chi connectivity index (χ4n) is 1.61. The first-order valence-corrected chi connectivity index (χ1v) is 5.55. The SMILES string of the molecule is CC(C)CN(C(=O)CCCO)C1CC1. The molecule has 1 aliphatic rings. The molecule has 0 radical (unpaired) electrons. The van der Waals surface area contributed by atoms with Crippen molar-refractivity contribution in [2.24, 2.45) is 5.92 Å². The Morgan fingerprint density at radius 3 is 2.57 bits per heavy atom. The minimum atomic E-state index is 0.117. The minimum absolute atomic E-state index is 0.117. The summed E-state index contributed by atoms with van der Waals surface area (Å²) in [6.45, 7) is 5.25. The second-order valence-corrected chi connectivity index (χ2v) is 4.50. The summed E-state index contributed by atoms with van der Waals surface area (Å²) >= 11 is 0. The first kappa shape index (κ1) is 11.5. The Bertz CT molecular complexity index is 188. The Kier molecular flexibility index (Phi) is 4.39. The molecule has 0 atom stereocenters. The number of aliphatic hydroxyl groups is 1. The van der Waals surface area contributed by atoms with Gasteiger partial charge in [0.1, 0.15) is 0 Å². The van der Waals surface area contributed by atoms with E-state index in [1.54, 1.807) is 0 Å². The van der Waals surface area contributed by atoms with Crippen molar-refractivity contribution in [1.82, 2.24) is 4.90 Å². The van der Waals surface area contributed by atoms with E-state index in [0.29, 0.717) is 24.8 Å². The number of hydrogen-bond donors (Lipinski definition) is 1. The van der Waals surface area contributed by atoms with Gasteiger partial charge in [-0.2, -0.15) is 0 Å². The lowest BCUT2D eigenvalue weighted by Gasteiger charge is -2.24. The van der Waals surface area contributed by atoms with Crippen molar-refractivity contribution in [2.45, 2.75) is 45.6 Å². The zero-order valence-corrected chi connectivity index (χ0v) is 9.20. The molecule has 0 aliphatic heterocycles. The van der Waals surface area contributed by atoms with Crippen molar-refractivity contribution in [2.75, 3.05) is 13.2 Å². The van der Waals surface area contributed by atoms with Gasteiger partial charge in [0.15, 0.2) is 0 Å². The van der Waals surface area contributed by atoms with Gasteiger partial charge in [-0.3, -0.25) is 4.79 Å². The van der Waals surface area contributed by atoms with Crippen molar-refractivity contribution in [3.63, 3.8) is 0 Å². The summed E-state index contributed by atoms with van der Waals surface area (Å²) in [4.78, 5) is 13.7. The highest BCUT2D eigenvalue weighted by molar-refractivity contribution is 5.76. The van der Waals surface area contributed by atoms with E-state index in [9.17, 15) is 4.79 Å². The van der Waals surface area contributed by atoms with E-state index >= 15 is 0 Å². The van der Waals surface area contributed by atoms with Gasteiger partial charge < -0.3 is 10.0 Å². The third kappa shape index (κ3) is 3.66. The van der Waals surface area contributed by atoms with Crippen molar-refractivity contribution in [3.05, 3.63) is 0 Å². The second-order valence-electron chi connectivity index (χ2n) is 4.50. The molecule has 3 nitrogen and oxygen atoms in total. The van der Waals surface area contributed by atoms with Crippen LogP contribution in [0.5, 0.6) is 0 Å². The third-order valence-electron chi connectivity index (χ3n) is 2.42. The molecule has 0 aromatic carbocycles. The molecule has 0 unspecified atom stereocenters. The van der Waals surface area contributed by atoms with Crippen LogP contribution in [0, 0.1) is 5.92 Å². The number of carbonyl (C=O) groups excluding carboxylic acids is 1. The summed E-state index contributed by atoms with van der Waals surface area (Å²) in [5.74, 6) is 0.754. The lowest BCUT2D eigenvalue weighted by Crippen LogP contribution is -2.36. The molecule has 1 fully saturated rings. The molecule has 1 amide bonds. The highest BCUT2D eigenvalue weighted by Gasteiger charge is 2.32. The summed E-state index contributed by atoms with van der Waals surface area (Å²) in [6, 6.07) is 0.503. The lowest BCUT2D eigenvalue weighted by atomic mass is 10.2. The van der Waals surface area contributed by atoms with E-state index < -0.39 is 0 Å². The molecule has 0 heterocycles. The second kappa shape index (κ2) is 5.35. The van der Waals surface area contributed by atoms with Gasteiger partial charge in [-0.1, -0.05) is 13.8 Å². The standard InChI is InChI=1S/C11H21NO2/c1-9(2)8-12(10-5-6-10)11(14)4-3-7-13/h9-10,13H,3-8H2,1-2H3. The van der Waals surface area contributed by atoms with Gasteiger partial charge in [-0.05, 0) is 25.2 Å². The van der Waals surface area contributed by atoms with Crippen LogP contribution in [0.25, 0.3) is 0 Å². The normalized spacial score (nSPS) is 16.0. The summed E-state index contributed by atoms with van der Waals surface area (Å²) in [5.41, 5.74) is 0. The molecule has 1 saturated carbocycles. The molecule has 82 valence electrons. The first-order valence-electron chi connectivity index (χ1n) is 5.55. The molecule has 14 heavy (non-hydrogen) atoms. The maximum atomic E-state index is 11.7. The van der Waals surface area contributed by atoms with Crippen LogP contribution < -0.4 is 0 Å². The van der Waals surface area contributed by atoms with Gasteiger partial charge in [0.05, 0.1) is 0 Å². The lowest BCUT2D eigenvalue weighted by molar-refractivity contribution is -0.132. The van der Waals surface area contributed by atoms with Crippen LogP contribution in [0.15, 0.2) is 0 Å². The van der Waals surface area contributed by atoms with Crippen LogP contribution in [-0.2, 0) is 4.79 Å². The van der Waals surface area contributed by atoms with Gasteiger partial charge in [-0.25, -0.2) is 0 Å². The van der Waals surface area contributed by atoms with Crippen LogP contribution in [-0.4, -0.2) is 35.1 Å². The molecule has 0 aromatic rings. The highest BCUT2D eigenvalue weighted by Crippen LogP contribution is 2.28. The molecule has 0 spiro atoms. The van der Waals surface area contributed by atoms with Crippen molar-refractivity contribution in [1.29, 1.82) is 0 Å². The Morgan fingerprint density at radius 1 is 1.50 bits per heavy atom. The molecule has 0 aromatic heterocycles. The molecule has 1 aliphatic carbocycles. The quantitative estimate of drug-likeness (QED) is 0.702. The van der Waals surface area contributed by atoms with Gasteiger partial charge >= 0.3 is 0 Å². The molecule has 0 saturated heterocycles. The summed E-state index contributed by atoms with van der Waals surface area (Å²) in [5, 5.41) is 8.66. The largest absolute Gasteiger partial charge is 0.396 e. The Balaban J connectivity index is 2.36. The fraction of sp³-hybridized carbons (Fsp3) is 0.909. The maximum absolute atomic E-state index is 11.7. The third-order valence-corrected chi connectivity index (χ3v) is 2.42. The van der Waals surface area contributed by atoms with Crippen molar-refractivity contribution < 1.29 is 9.90 Å².